The van der Waals surface area contributed by atoms with Crippen LogP contribution in [0.3, 0.4) is 0 Å². The number of amides is 1. The minimum Gasteiger partial charge on any atom is -0.508 e. The summed E-state index contributed by atoms with van der Waals surface area (Å²) < 4.78 is 0. The summed E-state index contributed by atoms with van der Waals surface area (Å²) in [6.45, 7) is 3.87. The lowest BCUT2D eigenvalue weighted by Gasteiger charge is -2.05. The second kappa shape index (κ2) is 5.23. The number of aryl methyl sites for hydroxylation is 2. The first-order valence-corrected chi connectivity index (χ1v) is 6.61. The molecule has 2 rings (SSSR count). The molecule has 0 aliphatic rings. The first-order chi connectivity index (χ1) is 8.60. The summed E-state index contributed by atoms with van der Waals surface area (Å²) in [4.78, 5) is 13.8. The molecule has 1 heterocycles. The van der Waals surface area contributed by atoms with Crippen LogP contribution in [0.2, 0.25) is 0 Å². The summed E-state index contributed by atoms with van der Waals surface area (Å²) in [5.41, 5.74) is 1.40. The van der Waals surface area contributed by atoms with Gasteiger partial charge in [0.1, 0.15) is 5.75 Å². The van der Waals surface area contributed by atoms with Gasteiger partial charge >= 0.3 is 0 Å². The highest BCUT2D eigenvalue weighted by Crippen LogP contribution is 2.23. The Morgan fingerprint density at radius 2 is 2.11 bits per heavy atom. The zero-order valence-corrected chi connectivity index (χ0v) is 11.2. The molecule has 0 fully saturated rings. The number of thiophene rings is 1. The first-order valence-electron chi connectivity index (χ1n) is 5.80. The summed E-state index contributed by atoms with van der Waals surface area (Å²) in [5, 5.41) is 12.4. The number of benzene rings is 1. The van der Waals surface area contributed by atoms with Crippen molar-refractivity contribution >= 4 is 22.9 Å². The van der Waals surface area contributed by atoms with E-state index in [9.17, 15) is 9.90 Å². The molecule has 0 unspecified atom stereocenters. The predicted molar refractivity (Wildman–Crippen MR) is 74.5 cm³/mol. The van der Waals surface area contributed by atoms with Crippen molar-refractivity contribution in [3.05, 3.63) is 45.6 Å². The van der Waals surface area contributed by atoms with Gasteiger partial charge in [0.15, 0.2) is 0 Å². The highest BCUT2D eigenvalue weighted by atomic mass is 32.1. The molecule has 94 valence electrons. The fourth-order valence-corrected chi connectivity index (χ4v) is 2.41. The van der Waals surface area contributed by atoms with Crippen LogP contribution < -0.4 is 5.32 Å². The van der Waals surface area contributed by atoms with Crippen molar-refractivity contribution < 1.29 is 9.90 Å². The van der Waals surface area contributed by atoms with E-state index in [0.29, 0.717) is 10.6 Å². The number of carbonyl (C=O) groups is 1. The molecule has 0 saturated heterocycles. The standard InChI is InChI=1S/C14H15NO2S/c1-3-11-6-7-13(18-11)14(17)15-10-5-4-9(2)12(16)8-10/h4-8,16H,3H2,1-2H3,(H,15,17). The summed E-state index contributed by atoms with van der Waals surface area (Å²) in [6.07, 6.45) is 0.934. The molecule has 0 saturated carbocycles. The van der Waals surface area contributed by atoms with Crippen LogP contribution in [0, 0.1) is 6.92 Å². The lowest BCUT2D eigenvalue weighted by atomic mass is 10.2. The van der Waals surface area contributed by atoms with Crippen LogP contribution in [0.15, 0.2) is 30.3 Å². The van der Waals surface area contributed by atoms with Gasteiger partial charge in [0, 0.05) is 16.6 Å². The van der Waals surface area contributed by atoms with E-state index in [0.717, 1.165) is 12.0 Å². The van der Waals surface area contributed by atoms with Gasteiger partial charge < -0.3 is 10.4 Å². The van der Waals surface area contributed by atoms with Crippen LogP contribution in [0.1, 0.15) is 27.0 Å². The van der Waals surface area contributed by atoms with E-state index >= 15 is 0 Å². The van der Waals surface area contributed by atoms with Gasteiger partial charge in [-0.05, 0) is 37.1 Å². The number of hydrogen-bond donors (Lipinski definition) is 2. The Morgan fingerprint density at radius 1 is 1.33 bits per heavy atom. The molecule has 4 heteroatoms. The normalized spacial score (nSPS) is 10.3. The topological polar surface area (TPSA) is 49.3 Å². The summed E-state index contributed by atoms with van der Waals surface area (Å²) in [6, 6.07) is 8.90. The zero-order valence-electron chi connectivity index (χ0n) is 10.4. The molecular formula is C14H15NO2S. The van der Waals surface area contributed by atoms with Gasteiger partial charge in [-0.1, -0.05) is 13.0 Å². The number of anilines is 1. The average molecular weight is 261 g/mol. The lowest BCUT2D eigenvalue weighted by molar-refractivity contribution is 0.103. The van der Waals surface area contributed by atoms with Gasteiger partial charge in [-0.15, -0.1) is 11.3 Å². The monoisotopic (exact) mass is 261 g/mol. The number of rotatable bonds is 3. The molecule has 3 nitrogen and oxygen atoms in total. The van der Waals surface area contributed by atoms with Gasteiger partial charge in [0.05, 0.1) is 4.88 Å². The fourth-order valence-electron chi connectivity index (χ4n) is 1.57. The van der Waals surface area contributed by atoms with Crippen molar-refractivity contribution in [2.45, 2.75) is 20.3 Å². The van der Waals surface area contributed by atoms with Crippen molar-refractivity contribution in [3.63, 3.8) is 0 Å². The molecule has 0 aliphatic heterocycles. The van der Waals surface area contributed by atoms with Crippen molar-refractivity contribution in [1.82, 2.24) is 0 Å². The second-order valence-electron chi connectivity index (χ2n) is 4.07. The lowest BCUT2D eigenvalue weighted by Crippen LogP contribution is -2.09. The molecule has 0 spiro atoms. The molecule has 0 bridgehead atoms. The third-order valence-corrected chi connectivity index (χ3v) is 3.93. The highest BCUT2D eigenvalue weighted by molar-refractivity contribution is 7.14. The number of phenols is 1. The minimum atomic E-state index is -0.136. The molecular weight excluding hydrogens is 246 g/mol. The number of carbonyl (C=O) groups excluding carboxylic acids is 1. The molecule has 0 aliphatic carbocycles. The molecule has 1 amide bonds. The Hall–Kier alpha value is -1.81. The van der Waals surface area contributed by atoms with Gasteiger partial charge in [-0.3, -0.25) is 4.79 Å². The van der Waals surface area contributed by atoms with Crippen LogP contribution in [0.25, 0.3) is 0 Å². The van der Waals surface area contributed by atoms with Crippen LogP contribution in [-0.2, 0) is 6.42 Å². The number of hydrogen-bond acceptors (Lipinski definition) is 3. The Labute approximate surface area is 110 Å². The number of nitrogens with one attached hydrogen (secondary N) is 1. The summed E-state index contributed by atoms with van der Waals surface area (Å²) in [7, 11) is 0. The maximum Gasteiger partial charge on any atom is 0.265 e. The van der Waals surface area contributed by atoms with E-state index in [-0.39, 0.29) is 11.7 Å². The predicted octanol–water partition coefficient (Wildman–Crippen LogP) is 3.58. The zero-order chi connectivity index (χ0) is 13.1. The van der Waals surface area contributed by atoms with Crippen molar-refractivity contribution in [1.29, 1.82) is 0 Å². The van der Waals surface area contributed by atoms with Gasteiger partial charge in [-0.25, -0.2) is 0 Å². The maximum atomic E-state index is 12.0. The van der Waals surface area contributed by atoms with E-state index < -0.39 is 0 Å². The van der Waals surface area contributed by atoms with E-state index in [2.05, 4.69) is 12.2 Å². The molecule has 18 heavy (non-hydrogen) atoms. The van der Waals surface area contributed by atoms with Crippen LogP contribution in [0.5, 0.6) is 5.75 Å². The third-order valence-electron chi connectivity index (χ3n) is 2.70. The highest BCUT2D eigenvalue weighted by Gasteiger charge is 2.09. The molecule has 1 aromatic carbocycles. The van der Waals surface area contributed by atoms with E-state index in [1.54, 1.807) is 18.2 Å². The molecule has 2 aromatic rings. The van der Waals surface area contributed by atoms with Crippen molar-refractivity contribution in [2.24, 2.45) is 0 Å². The molecule has 0 radical (unpaired) electrons. The smallest absolute Gasteiger partial charge is 0.265 e. The molecule has 1 aromatic heterocycles. The van der Waals surface area contributed by atoms with Gasteiger partial charge in [0.2, 0.25) is 0 Å². The van der Waals surface area contributed by atoms with Crippen molar-refractivity contribution in [2.75, 3.05) is 5.32 Å². The SMILES string of the molecule is CCc1ccc(C(=O)Nc2ccc(C)c(O)c2)s1. The Morgan fingerprint density at radius 3 is 2.72 bits per heavy atom. The first kappa shape index (κ1) is 12.6. The Kier molecular flexibility index (Phi) is 3.67. The van der Waals surface area contributed by atoms with E-state index in [1.807, 2.05) is 19.1 Å². The third kappa shape index (κ3) is 2.71. The number of phenolic OH excluding ortho intramolecular Hbond substituents is 1. The minimum absolute atomic E-state index is 0.136. The van der Waals surface area contributed by atoms with Gasteiger partial charge in [0.25, 0.3) is 5.91 Å². The Balaban J connectivity index is 2.13. The fraction of sp³-hybridized carbons (Fsp3) is 0.214. The van der Waals surface area contributed by atoms with Crippen LogP contribution >= 0.6 is 11.3 Å². The van der Waals surface area contributed by atoms with E-state index in [4.69, 9.17) is 0 Å². The van der Waals surface area contributed by atoms with Crippen LogP contribution in [0.4, 0.5) is 5.69 Å². The largest absolute Gasteiger partial charge is 0.508 e. The van der Waals surface area contributed by atoms with Crippen molar-refractivity contribution in [3.8, 4) is 5.75 Å². The molecule has 2 N–H and O–H groups in total. The molecule has 0 atom stereocenters. The maximum absolute atomic E-state index is 12.0. The van der Waals surface area contributed by atoms with Crippen LogP contribution in [-0.4, -0.2) is 11.0 Å². The summed E-state index contributed by atoms with van der Waals surface area (Å²) in [5.74, 6) is 0.0520. The summed E-state index contributed by atoms with van der Waals surface area (Å²) >= 11 is 1.49. The Bertz CT molecular complexity index is 575. The number of aromatic hydroxyl groups is 1. The quantitative estimate of drug-likeness (QED) is 0.887. The van der Waals surface area contributed by atoms with E-state index in [1.165, 1.54) is 16.2 Å². The average Bonchev–Trinajstić information content (AvgIpc) is 2.82. The second-order valence-corrected chi connectivity index (χ2v) is 5.24. The van der Waals surface area contributed by atoms with Gasteiger partial charge in [-0.2, -0.15) is 0 Å².